The van der Waals surface area contributed by atoms with Crippen molar-refractivity contribution < 1.29 is 14.6 Å². The summed E-state index contributed by atoms with van der Waals surface area (Å²) in [5.41, 5.74) is 0.669. The Morgan fingerprint density at radius 1 is 1.64 bits per heavy atom. The lowest BCUT2D eigenvalue weighted by Gasteiger charge is -2.03. The summed E-state index contributed by atoms with van der Waals surface area (Å²) in [7, 11) is 0. The third kappa shape index (κ3) is 1.86. The predicted octanol–water partition coefficient (Wildman–Crippen LogP) is 1.63. The fourth-order valence-corrected chi connectivity index (χ4v) is 1.21. The minimum absolute atomic E-state index is 0.0616. The summed E-state index contributed by atoms with van der Waals surface area (Å²) in [6.45, 7) is 5.98. The second-order valence-corrected chi connectivity index (χ2v) is 3.21. The first-order valence-electron chi connectivity index (χ1n) is 4.52. The highest BCUT2D eigenvalue weighted by atomic mass is 16.5. The van der Waals surface area contributed by atoms with Gasteiger partial charge in [0.05, 0.1) is 12.3 Å². The van der Waals surface area contributed by atoms with Crippen molar-refractivity contribution in [2.24, 2.45) is 0 Å². The van der Waals surface area contributed by atoms with Crippen LogP contribution in [0.4, 0.5) is 0 Å². The Balaban J connectivity index is 3.13. The van der Waals surface area contributed by atoms with Crippen molar-refractivity contribution in [2.75, 3.05) is 6.61 Å². The van der Waals surface area contributed by atoms with E-state index in [-0.39, 0.29) is 17.4 Å². The third-order valence-corrected chi connectivity index (χ3v) is 1.81. The van der Waals surface area contributed by atoms with Gasteiger partial charge in [-0.1, -0.05) is 13.8 Å². The van der Waals surface area contributed by atoms with Crippen LogP contribution in [0.2, 0.25) is 0 Å². The van der Waals surface area contributed by atoms with E-state index in [1.165, 1.54) is 0 Å². The molecular weight excluding hydrogens is 184 g/mol. The van der Waals surface area contributed by atoms with Gasteiger partial charge < -0.3 is 9.84 Å². The van der Waals surface area contributed by atoms with Gasteiger partial charge in [-0.15, -0.1) is 0 Å². The minimum atomic E-state index is -1.01. The monoisotopic (exact) mass is 198 g/mol. The molecule has 0 bridgehead atoms. The van der Waals surface area contributed by atoms with Crippen LogP contribution < -0.4 is 4.74 Å². The molecule has 0 unspecified atom stereocenters. The molecule has 2 N–H and O–H groups in total. The molecular formula is C9H14N2O3. The van der Waals surface area contributed by atoms with Crippen LogP contribution in [0.5, 0.6) is 5.88 Å². The van der Waals surface area contributed by atoms with E-state index in [0.717, 1.165) is 0 Å². The Kier molecular flexibility index (Phi) is 3.11. The highest BCUT2D eigenvalue weighted by Gasteiger charge is 2.22. The lowest BCUT2D eigenvalue weighted by molar-refractivity contribution is 0.0691. The van der Waals surface area contributed by atoms with E-state index in [1.54, 1.807) is 6.92 Å². The molecule has 1 rings (SSSR count). The lowest BCUT2D eigenvalue weighted by atomic mass is 10.1. The summed E-state index contributed by atoms with van der Waals surface area (Å²) in [5.74, 6) is -0.707. The van der Waals surface area contributed by atoms with Crippen molar-refractivity contribution in [3.63, 3.8) is 0 Å². The summed E-state index contributed by atoms with van der Waals surface area (Å²) in [6, 6.07) is 0. The Morgan fingerprint density at radius 3 is 2.71 bits per heavy atom. The van der Waals surface area contributed by atoms with Gasteiger partial charge in [0, 0.05) is 0 Å². The van der Waals surface area contributed by atoms with Crippen LogP contribution in [-0.2, 0) is 0 Å². The molecule has 0 saturated carbocycles. The SMILES string of the molecule is CCOc1[nH]nc(C(C)C)c1C(=O)O. The molecule has 0 fully saturated rings. The molecule has 0 aliphatic rings. The van der Waals surface area contributed by atoms with Gasteiger partial charge in [0.15, 0.2) is 0 Å². The van der Waals surface area contributed by atoms with Gasteiger partial charge in [0.25, 0.3) is 0 Å². The highest BCUT2D eigenvalue weighted by molar-refractivity contribution is 5.91. The van der Waals surface area contributed by atoms with E-state index in [0.29, 0.717) is 12.3 Å². The number of carboxylic acids is 1. The maximum absolute atomic E-state index is 10.9. The average Bonchev–Trinajstić information content (AvgIpc) is 2.48. The van der Waals surface area contributed by atoms with Gasteiger partial charge in [0.1, 0.15) is 5.56 Å². The number of hydrogen-bond acceptors (Lipinski definition) is 3. The summed E-state index contributed by atoms with van der Waals surface area (Å²) < 4.78 is 5.13. The maximum atomic E-state index is 10.9. The van der Waals surface area contributed by atoms with E-state index in [4.69, 9.17) is 9.84 Å². The number of carbonyl (C=O) groups is 1. The summed E-state index contributed by atoms with van der Waals surface area (Å²) in [5, 5.41) is 15.5. The molecule has 0 spiro atoms. The molecule has 14 heavy (non-hydrogen) atoms. The number of carboxylic acid groups (broad SMARTS) is 1. The maximum Gasteiger partial charge on any atom is 0.343 e. The van der Waals surface area contributed by atoms with Crippen LogP contribution in [0.3, 0.4) is 0 Å². The quantitative estimate of drug-likeness (QED) is 0.771. The largest absolute Gasteiger partial charge is 0.478 e. The first kappa shape index (κ1) is 10.6. The first-order valence-corrected chi connectivity index (χ1v) is 4.52. The molecule has 0 aliphatic carbocycles. The zero-order valence-corrected chi connectivity index (χ0v) is 8.50. The molecule has 5 heteroatoms. The molecule has 0 atom stereocenters. The molecule has 1 aromatic heterocycles. The number of ether oxygens (including phenoxy) is 1. The molecule has 1 aromatic rings. The van der Waals surface area contributed by atoms with Crippen LogP contribution in [0, 0.1) is 0 Å². The number of aromatic amines is 1. The Morgan fingerprint density at radius 2 is 2.29 bits per heavy atom. The fourth-order valence-electron chi connectivity index (χ4n) is 1.21. The topological polar surface area (TPSA) is 75.2 Å². The Hall–Kier alpha value is -1.52. The van der Waals surface area contributed by atoms with Crippen molar-refractivity contribution in [3.8, 4) is 5.88 Å². The average molecular weight is 198 g/mol. The Labute approximate surface area is 82.1 Å². The van der Waals surface area contributed by atoms with Crippen LogP contribution in [0.15, 0.2) is 0 Å². The number of H-pyrrole nitrogens is 1. The number of nitrogens with one attached hydrogen (secondary N) is 1. The van der Waals surface area contributed by atoms with Crippen molar-refractivity contribution >= 4 is 5.97 Å². The molecule has 1 heterocycles. The predicted molar refractivity (Wildman–Crippen MR) is 50.8 cm³/mol. The summed E-state index contributed by atoms with van der Waals surface area (Å²) >= 11 is 0. The normalized spacial score (nSPS) is 10.6. The lowest BCUT2D eigenvalue weighted by Crippen LogP contribution is -2.04. The van der Waals surface area contributed by atoms with Crippen LogP contribution in [0.25, 0.3) is 0 Å². The van der Waals surface area contributed by atoms with Crippen molar-refractivity contribution in [2.45, 2.75) is 26.7 Å². The van der Waals surface area contributed by atoms with Crippen LogP contribution in [-0.4, -0.2) is 27.9 Å². The molecule has 78 valence electrons. The smallest absolute Gasteiger partial charge is 0.343 e. The van der Waals surface area contributed by atoms with Gasteiger partial charge in [-0.25, -0.2) is 9.89 Å². The van der Waals surface area contributed by atoms with Crippen molar-refractivity contribution in [1.82, 2.24) is 10.2 Å². The standard InChI is InChI=1S/C9H14N2O3/c1-4-14-8-6(9(12)13)7(5(2)3)10-11-8/h5H,4H2,1-3H3,(H,10,11)(H,12,13). The second-order valence-electron chi connectivity index (χ2n) is 3.21. The van der Waals surface area contributed by atoms with E-state index in [9.17, 15) is 4.79 Å². The van der Waals surface area contributed by atoms with Crippen LogP contribution in [0.1, 0.15) is 42.7 Å². The molecule has 0 saturated heterocycles. The number of rotatable bonds is 4. The van der Waals surface area contributed by atoms with E-state index < -0.39 is 5.97 Å². The molecule has 0 aliphatic heterocycles. The number of hydrogen-bond donors (Lipinski definition) is 2. The highest BCUT2D eigenvalue weighted by Crippen LogP contribution is 2.24. The van der Waals surface area contributed by atoms with Gasteiger partial charge >= 0.3 is 5.97 Å². The summed E-state index contributed by atoms with van der Waals surface area (Å²) in [6.07, 6.45) is 0. The van der Waals surface area contributed by atoms with E-state index in [2.05, 4.69) is 10.2 Å². The van der Waals surface area contributed by atoms with Crippen molar-refractivity contribution in [1.29, 1.82) is 0 Å². The fraction of sp³-hybridized carbons (Fsp3) is 0.556. The Bertz CT molecular complexity index is 331. The zero-order chi connectivity index (χ0) is 10.7. The first-order chi connectivity index (χ1) is 6.57. The number of nitrogens with zero attached hydrogens (tertiary/aromatic N) is 1. The zero-order valence-electron chi connectivity index (χ0n) is 8.50. The van der Waals surface area contributed by atoms with E-state index >= 15 is 0 Å². The molecule has 0 aromatic carbocycles. The second kappa shape index (κ2) is 4.13. The molecule has 0 radical (unpaired) electrons. The number of aromatic carboxylic acids is 1. The number of aromatic nitrogens is 2. The van der Waals surface area contributed by atoms with Gasteiger partial charge in [-0.3, -0.25) is 0 Å². The van der Waals surface area contributed by atoms with Crippen LogP contribution >= 0.6 is 0 Å². The van der Waals surface area contributed by atoms with Crippen molar-refractivity contribution in [3.05, 3.63) is 11.3 Å². The van der Waals surface area contributed by atoms with E-state index in [1.807, 2.05) is 13.8 Å². The molecule has 0 amide bonds. The van der Waals surface area contributed by atoms with Gasteiger partial charge in [-0.2, -0.15) is 5.10 Å². The minimum Gasteiger partial charge on any atom is -0.478 e. The van der Waals surface area contributed by atoms with Gasteiger partial charge in [0.2, 0.25) is 5.88 Å². The third-order valence-electron chi connectivity index (χ3n) is 1.81. The summed E-state index contributed by atoms with van der Waals surface area (Å²) in [4.78, 5) is 10.9. The molecule has 5 nitrogen and oxygen atoms in total. The van der Waals surface area contributed by atoms with Gasteiger partial charge in [-0.05, 0) is 12.8 Å².